The molecule has 0 spiro atoms. The van der Waals surface area contributed by atoms with E-state index in [1.165, 1.54) is 6.07 Å². The molecule has 29 heavy (non-hydrogen) atoms. The van der Waals surface area contributed by atoms with Crippen LogP contribution in [0.25, 0.3) is 11.1 Å². The zero-order valence-corrected chi connectivity index (χ0v) is 16.6. The van der Waals surface area contributed by atoms with Crippen molar-refractivity contribution in [1.29, 1.82) is 0 Å². The molecule has 0 amide bonds. The van der Waals surface area contributed by atoms with E-state index in [1.54, 1.807) is 0 Å². The van der Waals surface area contributed by atoms with Gasteiger partial charge in [0.1, 0.15) is 23.4 Å². The second kappa shape index (κ2) is 8.15. The number of hydrazine groups is 1. The van der Waals surface area contributed by atoms with Crippen molar-refractivity contribution in [1.82, 2.24) is 10.9 Å². The van der Waals surface area contributed by atoms with Crippen molar-refractivity contribution in [2.75, 3.05) is 0 Å². The monoisotopic (exact) mass is 390 g/mol. The Balaban J connectivity index is 1.57. The first-order valence-corrected chi connectivity index (χ1v) is 9.94. The van der Waals surface area contributed by atoms with Crippen LogP contribution in [0.3, 0.4) is 0 Å². The van der Waals surface area contributed by atoms with Gasteiger partial charge in [-0.25, -0.2) is 5.43 Å². The second-order valence-electron chi connectivity index (χ2n) is 7.42. The molecule has 5 heteroatoms. The average molecular weight is 390 g/mol. The summed E-state index contributed by atoms with van der Waals surface area (Å²) < 4.78 is 6.31. The molecule has 0 saturated carbocycles. The van der Waals surface area contributed by atoms with Gasteiger partial charge < -0.3 is 14.9 Å². The number of phenols is 2. The number of hydrogen-bond donors (Lipinski definition) is 4. The van der Waals surface area contributed by atoms with Crippen LogP contribution in [0.15, 0.2) is 66.7 Å². The molecule has 3 atom stereocenters. The zero-order chi connectivity index (χ0) is 20.4. The number of phenolic OH excluding ortho intramolecular Hbond substituents is 2. The number of ether oxygens (including phenoxy) is 1. The van der Waals surface area contributed by atoms with E-state index in [2.05, 4.69) is 23.0 Å². The summed E-state index contributed by atoms with van der Waals surface area (Å²) in [6.07, 6.45) is 0.458. The first-order valence-electron chi connectivity index (χ1n) is 9.94. The molecule has 3 unspecified atom stereocenters. The van der Waals surface area contributed by atoms with E-state index in [9.17, 15) is 10.2 Å². The maximum Gasteiger partial charge on any atom is 0.136 e. The maximum absolute atomic E-state index is 10.4. The highest BCUT2D eigenvalue weighted by atomic mass is 16.5. The van der Waals surface area contributed by atoms with Crippen molar-refractivity contribution in [3.8, 4) is 28.4 Å². The molecule has 3 aromatic carbocycles. The van der Waals surface area contributed by atoms with Crippen molar-refractivity contribution >= 4 is 0 Å². The van der Waals surface area contributed by atoms with Gasteiger partial charge in [-0.15, -0.1) is 0 Å². The van der Waals surface area contributed by atoms with E-state index in [4.69, 9.17) is 4.74 Å². The molecule has 0 radical (unpaired) electrons. The largest absolute Gasteiger partial charge is 0.508 e. The Morgan fingerprint density at radius 1 is 0.862 bits per heavy atom. The average Bonchev–Trinajstić information content (AvgIpc) is 3.09. The lowest BCUT2D eigenvalue weighted by Crippen LogP contribution is -2.33. The van der Waals surface area contributed by atoms with Crippen LogP contribution in [0.4, 0.5) is 0 Å². The number of rotatable bonds is 5. The van der Waals surface area contributed by atoms with Crippen LogP contribution in [0.2, 0.25) is 0 Å². The smallest absolute Gasteiger partial charge is 0.136 e. The lowest BCUT2D eigenvalue weighted by Gasteiger charge is -2.24. The SMILES string of the molecule is CCc1cc(C2NNC(C)C2Oc2ccc(-c3ccccc3)cc2)c(O)cc1O. The van der Waals surface area contributed by atoms with Crippen molar-refractivity contribution in [2.45, 2.75) is 38.5 Å². The van der Waals surface area contributed by atoms with Gasteiger partial charge in [-0.05, 0) is 48.2 Å². The summed E-state index contributed by atoms with van der Waals surface area (Å²) in [6, 6.07) is 21.3. The molecular weight excluding hydrogens is 364 g/mol. The van der Waals surface area contributed by atoms with E-state index >= 15 is 0 Å². The minimum absolute atomic E-state index is 0.0343. The topological polar surface area (TPSA) is 73.8 Å². The Hall–Kier alpha value is -3.02. The van der Waals surface area contributed by atoms with Gasteiger partial charge in [-0.2, -0.15) is 0 Å². The summed E-state index contributed by atoms with van der Waals surface area (Å²) in [6.45, 7) is 4.01. The van der Waals surface area contributed by atoms with Crippen LogP contribution >= 0.6 is 0 Å². The molecule has 0 bridgehead atoms. The van der Waals surface area contributed by atoms with E-state index in [0.717, 1.165) is 22.4 Å². The molecule has 1 heterocycles. The first kappa shape index (κ1) is 19.3. The standard InChI is InChI=1S/C24H26N2O3/c1-3-16-13-20(22(28)14-21(16)27)23-24(15(2)25-26-23)29-19-11-9-18(10-12-19)17-7-5-4-6-8-17/h4-15,23-28H,3H2,1-2H3. The summed E-state index contributed by atoms with van der Waals surface area (Å²) in [5.74, 6) is 0.939. The van der Waals surface area contributed by atoms with Gasteiger partial charge in [0.25, 0.3) is 0 Å². The number of nitrogens with one attached hydrogen (secondary N) is 2. The van der Waals surface area contributed by atoms with Crippen molar-refractivity contribution in [3.63, 3.8) is 0 Å². The van der Waals surface area contributed by atoms with Gasteiger partial charge in [0.05, 0.1) is 12.1 Å². The van der Waals surface area contributed by atoms with Crippen LogP contribution < -0.4 is 15.6 Å². The lowest BCUT2D eigenvalue weighted by atomic mass is 9.95. The number of aromatic hydroxyl groups is 2. The van der Waals surface area contributed by atoms with Gasteiger partial charge in [0.2, 0.25) is 0 Å². The molecular formula is C24H26N2O3. The summed E-state index contributed by atoms with van der Waals surface area (Å²) in [5.41, 5.74) is 10.2. The van der Waals surface area contributed by atoms with Crippen molar-refractivity contribution < 1.29 is 14.9 Å². The molecule has 0 aliphatic carbocycles. The van der Waals surface area contributed by atoms with E-state index < -0.39 is 0 Å². The van der Waals surface area contributed by atoms with Gasteiger partial charge in [-0.1, -0.05) is 49.4 Å². The van der Waals surface area contributed by atoms with Gasteiger partial charge in [0.15, 0.2) is 0 Å². The van der Waals surface area contributed by atoms with Crippen LogP contribution in [0.1, 0.15) is 31.0 Å². The van der Waals surface area contributed by atoms with Gasteiger partial charge >= 0.3 is 0 Å². The minimum atomic E-state index is -0.246. The molecule has 1 saturated heterocycles. The fourth-order valence-corrected chi connectivity index (χ4v) is 3.79. The van der Waals surface area contributed by atoms with Crippen LogP contribution in [0, 0.1) is 0 Å². The van der Waals surface area contributed by atoms with Crippen LogP contribution in [0.5, 0.6) is 17.2 Å². The summed E-state index contributed by atoms with van der Waals surface area (Å²) in [5, 5.41) is 20.4. The lowest BCUT2D eigenvalue weighted by molar-refractivity contribution is 0.170. The Kier molecular flexibility index (Phi) is 5.43. The molecule has 4 rings (SSSR count). The fraction of sp³-hybridized carbons (Fsp3) is 0.250. The number of hydrogen-bond acceptors (Lipinski definition) is 5. The summed E-state index contributed by atoms with van der Waals surface area (Å²) in [7, 11) is 0. The van der Waals surface area contributed by atoms with Crippen molar-refractivity contribution in [2.24, 2.45) is 0 Å². The normalized spacial score (nSPS) is 21.2. The number of aryl methyl sites for hydroxylation is 1. The maximum atomic E-state index is 10.4. The van der Waals surface area contributed by atoms with Crippen LogP contribution in [-0.4, -0.2) is 22.4 Å². The van der Waals surface area contributed by atoms with Crippen molar-refractivity contribution in [3.05, 3.63) is 77.9 Å². The minimum Gasteiger partial charge on any atom is -0.508 e. The Morgan fingerprint density at radius 3 is 2.24 bits per heavy atom. The highest BCUT2D eigenvalue weighted by Crippen LogP contribution is 2.36. The van der Waals surface area contributed by atoms with E-state index in [1.807, 2.05) is 62.4 Å². The molecule has 1 fully saturated rings. The Bertz CT molecular complexity index is 973. The van der Waals surface area contributed by atoms with Gasteiger partial charge in [-0.3, -0.25) is 5.43 Å². The molecule has 5 nitrogen and oxygen atoms in total. The third-order valence-electron chi connectivity index (χ3n) is 5.47. The van der Waals surface area contributed by atoms with E-state index in [-0.39, 0.29) is 29.7 Å². The van der Waals surface area contributed by atoms with E-state index in [0.29, 0.717) is 12.0 Å². The second-order valence-corrected chi connectivity index (χ2v) is 7.42. The quantitative estimate of drug-likeness (QED) is 0.522. The predicted octanol–water partition coefficient (Wildman–Crippen LogP) is 4.31. The Morgan fingerprint density at radius 2 is 1.55 bits per heavy atom. The predicted molar refractivity (Wildman–Crippen MR) is 114 cm³/mol. The third kappa shape index (κ3) is 3.92. The highest BCUT2D eigenvalue weighted by Gasteiger charge is 2.37. The summed E-state index contributed by atoms with van der Waals surface area (Å²) in [4.78, 5) is 0. The van der Waals surface area contributed by atoms with Crippen LogP contribution in [-0.2, 0) is 6.42 Å². The van der Waals surface area contributed by atoms with Gasteiger partial charge in [0, 0.05) is 11.6 Å². The Labute approximate surface area is 171 Å². The first-order chi connectivity index (χ1) is 14.1. The number of benzene rings is 3. The fourth-order valence-electron chi connectivity index (χ4n) is 3.79. The molecule has 4 N–H and O–H groups in total. The molecule has 3 aromatic rings. The summed E-state index contributed by atoms with van der Waals surface area (Å²) >= 11 is 0. The molecule has 1 aliphatic heterocycles. The molecule has 1 aliphatic rings. The molecule has 0 aromatic heterocycles. The molecule has 150 valence electrons. The zero-order valence-electron chi connectivity index (χ0n) is 16.6. The highest BCUT2D eigenvalue weighted by molar-refractivity contribution is 5.63. The third-order valence-corrected chi connectivity index (χ3v) is 5.47.